The van der Waals surface area contributed by atoms with Crippen molar-refractivity contribution in [3.05, 3.63) is 12.7 Å². The summed E-state index contributed by atoms with van der Waals surface area (Å²) < 4.78 is 0. The maximum absolute atomic E-state index is 11.2. The fraction of sp³-hybridized carbons (Fsp3) is 0.700. The maximum Gasteiger partial charge on any atom is 0.158 e. The van der Waals surface area contributed by atoms with Gasteiger partial charge < -0.3 is 0 Å². The van der Waals surface area contributed by atoms with Gasteiger partial charge in [0.2, 0.25) is 0 Å². The first kappa shape index (κ1) is 10.4. The van der Waals surface area contributed by atoms with E-state index in [1.54, 1.807) is 0 Å². The molecule has 0 aromatic carbocycles. The second-order valence-corrected chi connectivity index (χ2v) is 2.88. The molecule has 0 amide bonds. The molecule has 0 aliphatic carbocycles. The predicted octanol–water partition coefficient (Wildman–Crippen LogP) is 2.96. The second-order valence-electron chi connectivity index (χ2n) is 2.88. The Kier molecular flexibility index (Phi) is 5.81. The Morgan fingerprint density at radius 3 is 2.09 bits per heavy atom. The maximum atomic E-state index is 11.2. The predicted molar refractivity (Wildman–Crippen MR) is 48.5 cm³/mol. The van der Waals surface area contributed by atoms with Gasteiger partial charge in [0.25, 0.3) is 0 Å². The molecule has 0 atom stereocenters. The van der Waals surface area contributed by atoms with Gasteiger partial charge in [0.1, 0.15) is 0 Å². The summed E-state index contributed by atoms with van der Waals surface area (Å²) in [6.07, 6.45) is 5.65. The summed E-state index contributed by atoms with van der Waals surface area (Å²) in [6.45, 7) is 7.72. The molecule has 11 heavy (non-hydrogen) atoms. The fourth-order valence-electron chi connectivity index (χ4n) is 1.29. The van der Waals surface area contributed by atoms with Gasteiger partial charge in [-0.2, -0.15) is 0 Å². The Morgan fingerprint density at radius 2 is 1.82 bits per heavy atom. The normalized spacial score (nSPS) is 10.1. The Hall–Kier alpha value is -0.590. The average Bonchev–Trinajstić information content (AvgIpc) is 2.03. The third-order valence-electron chi connectivity index (χ3n) is 1.88. The summed E-state index contributed by atoms with van der Waals surface area (Å²) in [5.74, 6) is 0.455. The summed E-state index contributed by atoms with van der Waals surface area (Å²) >= 11 is 0. The Morgan fingerprint density at radius 1 is 1.36 bits per heavy atom. The van der Waals surface area contributed by atoms with Crippen molar-refractivity contribution in [3.8, 4) is 0 Å². The summed E-state index contributed by atoms with van der Waals surface area (Å²) in [5, 5.41) is 0. The van der Waals surface area contributed by atoms with Crippen LogP contribution in [-0.4, -0.2) is 5.78 Å². The van der Waals surface area contributed by atoms with Gasteiger partial charge in [0.15, 0.2) is 5.78 Å². The number of hydrogen-bond acceptors (Lipinski definition) is 1. The van der Waals surface area contributed by atoms with Gasteiger partial charge in [-0.15, -0.1) is 0 Å². The standard InChI is InChI=1S/C10H18O/c1-4-7-9(8-5-2)10(11)6-3/h6,9H,3-5,7-8H2,1-2H3. The van der Waals surface area contributed by atoms with E-state index in [1.807, 2.05) is 0 Å². The van der Waals surface area contributed by atoms with Crippen molar-refractivity contribution in [1.29, 1.82) is 0 Å². The molecule has 0 unspecified atom stereocenters. The monoisotopic (exact) mass is 154 g/mol. The van der Waals surface area contributed by atoms with E-state index in [1.165, 1.54) is 6.08 Å². The molecule has 0 fully saturated rings. The highest BCUT2D eigenvalue weighted by atomic mass is 16.1. The molecular weight excluding hydrogens is 136 g/mol. The van der Waals surface area contributed by atoms with Crippen molar-refractivity contribution in [2.75, 3.05) is 0 Å². The van der Waals surface area contributed by atoms with Crippen molar-refractivity contribution < 1.29 is 4.79 Å². The molecule has 0 radical (unpaired) electrons. The lowest BCUT2D eigenvalue weighted by atomic mass is 9.94. The zero-order chi connectivity index (χ0) is 8.69. The summed E-state index contributed by atoms with van der Waals surface area (Å²) in [4.78, 5) is 11.2. The van der Waals surface area contributed by atoms with Crippen molar-refractivity contribution >= 4 is 5.78 Å². The smallest absolute Gasteiger partial charge is 0.158 e. The lowest BCUT2D eigenvalue weighted by molar-refractivity contribution is -0.118. The molecule has 0 aromatic rings. The highest BCUT2D eigenvalue weighted by Crippen LogP contribution is 2.14. The van der Waals surface area contributed by atoms with Gasteiger partial charge in [-0.05, 0) is 18.9 Å². The van der Waals surface area contributed by atoms with Crippen LogP contribution in [0.4, 0.5) is 0 Å². The van der Waals surface area contributed by atoms with Crippen LogP contribution in [0.25, 0.3) is 0 Å². The van der Waals surface area contributed by atoms with Gasteiger partial charge in [-0.3, -0.25) is 4.79 Å². The second kappa shape index (κ2) is 6.14. The Bertz CT molecular complexity index is 121. The number of allylic oxidation sites excluding steroid dienone is 1. The Labute approximate surface area is 69.5 Å². The van der Waals surface area contributed by atoms with Crippen LogP contribution >= 0.6 is 0 Å². The quantitative estimate of drug-likeness (QED) is 0.537. The molecule has 0 bridgehead atoms. The first-order valence-corrected chi connectivity index (χ1v) is 4.42. The van der Waals surface area contributed by atoms with Gasteiger partial charge in [0.05, 0.1) is 0 Å². The molecule has 0 aromatic heterocycles. The molecule has 1 heteroatoms. The van der Waals surface area contributed by atoms with Crippen LogP contribution in [0.15, 0.2) is 12.7 Å². The molecule has 0 saturated heterocycles. The molecule has 0 N–H and O–H groups in total. The number of carbonyl (C=O) groups excluding carboxylic acids is 1. The summed E-state index contributed by atoms with van der Waals surface area (Å²) in [5.41, 5.74) is 0. The van der Waals surface area contributed by atoms with E-state index >= 15 is 0 Å². The number of rotatable bonds is 6. The highest BCUT2D eigenvalue weighted by molar-refractivity contribution is 5.91. The van der Waals surface area contributed by atoms with Gasteiger partial charge >= 0.3 is 0 Å². The molecule has 0 rings (SSSR count). The molecule has 0 aliphatic rings. The molecule has 0 heterocycles. The zero-order valence-electron chi connectivity index (χ0n) is 7.60. The third kappa shape index (κ3) is 3.97. The van der Waals surface area contributed by atoms with E-state index in [0.29, 0.717) is 0 Å². The van der Waals surface area contributed by atoms with Crippen LogP contribution < -0.4 is 0 Å². The average molecular weight is 154 g/mol. The van der Waals surface area contributed by atoms with E-state index < -0.39 is 0 Å². The first-order valence-electron chi connectivity index (χ1n) is 4.42. The molecule has 1 nitrogen and oxygen atoms in total. The lowest BCUT2D eigenvalue weighted by Crippen LogP contribution is -2.10. The van der Waals surface area contributed by atoms with E-state index in [9.17, 15) is 4.79 Å². The fourth-order valence-corrected chi connectivity index (χ4v) is 1.29. The zero-order valence-corrected chi connectivity index (χ0v) is 7.60. The topological polar surface area (TPSA) is 17.1 Å². The third-order valence-corrected chi connectivity index (χ3v) is 1.88. The SMILES string of the molecule is C=CC(=O)C(CCC)CCC. The number of carbonyl (C=O) groups is 1. The van der Waals surface area contributed by atoms with Crippen LogP contribution in [0.2, 0.25) is 0 Å². The minimum absolute atomic E-state index is 0.216. The van der Waals surface area contributed by atoms with Crippen molar-refractivity contribution in [1.82, 2.24) is 0 Å². The van der Waals surface area contributed by atoms with E-state index in [-0.39, 0.29) is 11.7 Å². The minimum atomic E-state index is 0.216. The van der Waals surface area contributed by atoms with Crippen LogP contribution in [0, 0.1) is 5.92 Å². The van der Waals surface area contributed by atoms with Gasteiger partial charge in [0, 0.05) is 5.92 Å². The lowest BCUT2D eigenvalue weighted by Gasteiger charge is -2.10. The van der Waals surface area contributed by atoms with Gasteiger partial charge in [-0.25, -0.2) is 0 Å². The van der Waals surface area contributed by atoms with Crippen LogP contribution in [0.1, 0.15) is 39.5 Å². The van der Waals surface area contributed by atoms with Gasteiger partial charge in [-0.1, -0.05) is 33.3 Å². The number of hydrogen-bond donors (Lipinski definition) is 0. The molecular formula is C10H18O. The van der Waals surface area contributed by atoms with Crippen molar-refractivity contribution in [2.45, 2.75) is 39.5 Å². The van der Waals surface area contributed by atoms with E-state index in [0.717, 1.165) is 25.7 Å². The van der Waals surface area contributed by atoms with Crippen molar-refractivity contribution in [2.24, 2.45) is 5.92 Å². The molecule has 64 valence electrons. The first-order chi connectivity index (χ1) is 5.26. The molecule has 0 aliphatic heterocycles. The van der Waals surface area contributed by atoms with E-state index in [4.69, 9.17) is 0 Å². The van der Waals surface area contributed by atoms with E-state index in [2.05, 4.69) is 20.4 Å². The largest absolute Gasteiger partial charge is 0.295 e. The summed E-state index contributed by atoms with van der Waals surface area (Å²) in [7, 11) is 0. The molecule has 0 spiro atoms. The minimum Gasteiger partial charge on any atom is -0.295 e. The number of ketones is 1. The van der Waals surface area contributed by atoms with Crippen LogP contribution in [0.5, 0.6) is 0 Å². The van der Waals surface area contributed by atoms with Crippen molar-refractivity contribution in [3.63, 3.8) is 0 Å². The van der Waals surface area contributed by atoms with Crippen LogP contribution in [0.3, 0.4) is 0 Å². The Balaban J connectivity index is 3.86. The van der Waals surface area contributed by atoms with Crippen LogP contribution in [-0.2, 0) is 4.79 Å². The highest BCUT2D eigenvalue weighted by Gasteiger charge is 2.12. The molecule has 0 saturated carbocycles. The summed E-state index contributed by atoms with van der Waals surface area (Å²) in [6, 6.07) is 0.